The molecule has 6 nitrogen and oxygen atoms in total. The van der Waals surface area contributed by atoms with E-state index in [4.69, 9.17) is 9.84 Å². The molecule has 0 amide bonds. The standard InChI is InChI=1S/C15H16N2O4/c1-4-10-8-17(16-13(14(10)18)15(19)20)11-7-9(2)5-6-12(11)21-3/h5-8H,4H2,1-3H3,(H,19,20). The summed E-state index contributed by atoms with van der Waals surface area (Å²) in [6.45, 7) is 3.70. The Balaban J connectivity index is 2.75. The summed E-state index contributed by atoms with van der Waals surface area (Å²) < 4.78 is 6.66. The van der Waals surface area contributed by atoms with Gasteiger partial charge in [0, 0.05) is 11.8 Å². The molecule has 0 spiro atoms. The van der Waals surface area contributed by atoms with Gasteiger partial charge in [-0.1, -0.05) is 13.0 Å². The van der Waals surface area contributed by atoms with Gasteiger partial charge in [-0.05, 0) is 31.0 Å². The average molecular weight is 288 g/mol. The molecule has 0 bridgehead atoms. The first kappa shape index (κ1) is 14.8. The third-order valence-electron chi connectivity index (χ3n) is 3.16. The highest BCUT2D eigenvalue weighted by molar-refractivity contribution is 5.85. The van der Waals surface area contributed by atoms with Gasteiger partial charge in [0.25, 0.3) is 0 Å². The molecule has 0 radical (unpaired) electrons. The van der Waals surface area contributed by atoms with Gasteiger partial charge >= 0.3 is 5.97 Å². The number of ether oxygens (including phenoxy) is 1. The van der Waals surface area contributed by atoms with Crippen LogP contribution < -0.4 is 10.2 Å². The van der Waals surface area contributed by atoms with Crippen molar-refractivity contribution in [2.45, 2.75) is 20.3 Å². The minimum absolute atomic E-state index is 0.394. The fraction of sp³-hybridized carbons (Fsp3) is 0.267. The first-order valence-electron chi connectivity index (χ1n) is 6.49. The Hall–Kier alpha value is -2.63. The van der Waals surface area contributed by atoms with Crippen LogP contribution in [-0.4, -0.2) is 28.0 Å². The molecular weight excluding hydrogens is 272 g/mol. The molecule has 0 fully saturated rings. The van der Waals surface area contributed by atoms with Crippen LogP contribution >= 0.6 is 0 Å². The Kier molecular flexibility index (Phi) is 4.07. The van der Waals surface area contributed by atoms with E-state index in [1.165, 1.54) is 11.8 Å². The van der Waals surface area contributed by atoms with Crippen LogP contribution in [0.5, 0.6) is 5.75 Å². The zero-order valence-corrected chi connectivity index (χ0v) is 12.1. The molecule has 2 rings (SSSR count). The van der Waals surface area contributed by atoms with Crippen molar-refractivity contribution in [3.05, 3.63) is 51.4 Å². The molecule has 1 aromatic heterocycles. The summed E-state index contributed by atoms with van der Waals surface area (Å²) in [4.78, 5) is 23.1. The van der Waals surface area contributed by atoms with Crippen molar-refractivity contribution < 1.29 is 14.6 Å². The zero-order chi connectivity index (χ0) is 15.6. The second kappa shape index (κ2) is 5.78. The molecule has 1 heterocycles. The SMILES string of the molecule is CCc1cn(-c2cc(C)ccc2OC)nc(C(=O)O)c1=O. The number of hydrogen-bond acceptors (Lipinski definition) is 4. The molecule has 1 N–H and O–H groups in total. The minimum atomic E-state index is -1.34. The van der Waals surface area contributed by atoms with E-state index in [0.717, 1.165) is 5.56 Å². The number of nitrogens with zero attached hydrogens (tertiary/aromatic N) is 2. The van der Waals surface area contributed by atoms with E-state index in [-0.39, 0.29) is 0 Å². The van der Waals surface area contributed by atoms with Gasteiger partial charge in [0.1, 0.15) is 11.4 Å². The van der Waals surface area contributed by atoms with Crippen molar-refractivity contribution in [2.24, 2.45) is 0 Å². The predicted octanol–water partition coefficient (Wildman–Crippen LogP) is 1.81. The number of benzene rings is 1. The van der Waals surface area contributed by atoms with Crippen LogP contribution in [0.2, 0.25) is 0 Å². The molecule has 0 saturated heterocycles. The molecule has 21 heavy (non-hydrogen) atoms. The van der Waals surface area contributed by atoms with E-state index in [9.17, 15) is 9.59 Å². The summed E-state index contributed by atoms with van der Waals surface area (Å²) in [6, 6.07) is 5.47. The first-order valence-corrected chi connectivity index (χ1v) is 6.49. The number of carboxylic acid groups (broad SMARTS) is 1. The lowest BCUT2D eigenvalue weighted by Gasteiger charge is -2.13. The van der Waals surface area contributed by atoms with Crippen LogP contribution in [0, 0.1) is 6.92 Å². The quantitative estimate of drug-likeness (QED) is 0.928. The van der Waals surface area contributed by atoms with E-state index in [2.05, 4.69) is 5.10 Å². The maximum Gasteiger partial charge on any atom is 0.360 e. The van der Waals surface area contributed by atoms with Gasteiger partial charge in [-0.3, -0.25) is 4.79 Å². The van der Waals surface area contributed by atoms with Gasteiger partial charge in [-0.25, -0.2) is 9.48 Å². The average Bonchev–Trinajstić information content (AvgIpc) is 2.47. The van der Waals surface area contributed by atoms with Crippen molar-refractivity contribution in [3.63, 3.8) is 0 Å². The largest absolute Gasteiger partial charge is 0.494 e. The first-order chi connectivity index (χ1) is 9.97. The van der Waals surface area contributed by atoms with Gasteiger partial charge in [0.2, 0.25) is 11.1 Å². The normalized spacial score (nSPS) is 10.4. The molecule has 0 unspecified atom stereocenters. The summed E-state index contributed by atoms with van der Waals surface area (Å²) in [6.07, 6.45) is 1.97. The topological polar surface area (TPSA) is 81.4 Å². The summed E-state index contributed by atoms with van der Waals surface area (Å²) in [5, 5.41) is 13.1. The van der Waals surface area contributed by atoms with Crippen LogP contribution in [-0.2, 0) is 6.42 Å². The van der Waals surface area contributed by atoms with Gasteiger partial charge in [-0.2, -0.15) is 5.10 Å². The van der Waals surface area contributed by atoms with E-state index in [1.807, 2.05) is 19.1 Å². The fourth-order valence-corrected chi connectivity index (χ4v) is 2.03. The van der Waals surface area contributed by atoms with Crippen molar-refractivity contribution in [1.29, 1.82) is 0 Å². The Labute approximate surface area is 121 Å². The molecule has 0 aliphatic rings. The lowest BCUT2D eigenvalue weighted by molar-refractivity contribution is 0.0686. The lowest BCUT2D eigenvalue weighted by atomic mass is 10.2. The highest BCUT2D eigenvalue weighted by Crippen LogP contribution is 2.23. The van der Waals surface area contributed by atoms with Gasteiger partial charge in [-0.15, -0.1) is 0 Å². The van der Waals surface area contributed by atoms with E-state index >= 15 is 0 Å². The summed E-state index contributed by atoms with van der Waals surface area (Å²) in [5.41, 5.74) is 0.924. The Morgan fingerprint density at radius 2 is 2.14 bits per heavy atom. The maximum atomic E-state index is 12.0. The Morgan fingerprint density at radius 1 is 1.43 bits per heavy atom. The van der Waals surface area contributed by atoms with E-state index < -0.39 is 17.1 Å². The molecule has 1 aromatic carbocycles. The molecule has 110 valence electrons. The van der Waals surface area contributed by atoms with Crippen molar-refractivity contribution in [2.75, 3.05) is 7.11 Å². The zero-order valence-electron chi connectivity index (χ0n) is 12.1. The van der Waals surface area contributed by atoms with Crippen LogP contribution in [0.1, 0.15) is 28.5 Å². The number of rotatable bonds is 4. The number of aromatic carboxylic acids is 1. The molecule has 0 atom stereocenters. The van der Waals surface area contributed by atoms with E-state index in [1.54, 1.807) is 19.2 Å². The van der Waals surface area contributed by atoms with Crippen LogP contribution in [0.3, 0.4) is 0 Å². The third kappa shape index (κ3) is 2.79. The Morgan fingerprint density at radius 3 is 2.71 bits per heavy atom. The highest BCUT2D eigenvalue weighted by atomic mass is 16.5. The predicted molar refractivity (Wildman–Crippen MR) is 77.5 cm³/mol. The number of aromatic nitrogens is 2. The number of carbonyl (C=O) groups is 1. The second-order valence-electron chi connectivity index (χ2n) is 4.61. The fourth-order valence-electron chi connectivity index (χ4n) is 2.03. The number of aryl methyl sites for hydroxylation is 2. The van der Waals surface area contributed by atoms with E-state index in [0.29, 0.717) is 23.4 Å². The van der Waals surface area contributed by atoms with Crippen molar-refractivity contribution in [3.8, 4) is 11.4 Å². The second-order valence-corrected chi connectivity index (χ2v) is 4.61. The highest BCUT2D eigenvalue weighted by Gasteiger charge is 2.17. The Bertz CT molecular complexity index is 750. The lowest BCUT2D eigenvalue weighted by Crippen LogP contribution is -2.24. The number of carboxylic acids is 1. The number of methoxy groups -OCH3 is 1. The molecule has 6 heteroatoms. The molecular formula is C15H16N2O4. The van der Waals surface area contributed by atoms with Crippen LogP contribution in [0.15, 0.2) is 29.2 Å². The van der Waals surface area contributed by atoms with Crippen LogP contribution in [0.4, 0.5) is 0 Å². The monoisotopic (exact) mass is 288 g/mol. The number of hydrogen-bond donors (Lipinski definition) is 1. The summed E-state index contributed by atoms with van der Waals surface area (Å²) in [5.74, 6) is -0.786. The summed E-state index contributed by atoms with van der Waals surface area (Å²) in [7, 11) is 1.52. The molecule has 0 saturated carbocycles. The third-order valence-corrected chi connectivity index (χ3v) is 3.16. The van der Waals surface area contributed by atoms with Gasteiger partial charge in [0.15, 0.2) is 0 Å². The van der Waals surface area contributed by atoms with Crippen LogP contribution in [0.25, 0.3) is 5.69 Å². The van der Waals surface area contributed by atoms with Gasteiger partial charge < -0.3 is 9.84 Å². The maximum absolute atomic E-state index is 12.0. The minimum Gasteiger partial charge on any atom is -0.494 e. The van der Waals surface area contributed by atoms with Gasteiger partial charge in [0.05, 0.1) is 7.11 Å². The molecule has 0 aliphatic heterocycles. The smallest absolute Gasteiger partial charge is 0.360 e. The summed E-state index contributed by atoms with van der Waals surface area (Å²) >= 11 is 0. The van der Waals surface area contributed by atoms with Crippen molar-refractivity contribution in [1.82, 2.24) is 9.78 Å². The van der Waals surface area contributed by atoms with Crippen molar-refractivity contribution >= 4 is 5.97 Å². The molecule has 0 aliphatic carbocycles. The molecule has 2 aromatic rings.